The minimum absolute atomic E-state index is 0.149. The number of rotatable bonds is 6. The van der Waals surface area contributed by atoms with E-state index in [1.54, 1.807) is 0 Å². The molecule has 3 atom stereocenters. The molecule has 0 bridgehead atoms. The van der Waals surface area contributed by atoms with E-state index < -0.39 is 9.84 Å². The van der Waals surface area contributed by atoms with Gasteiger partial charge in [0.2, 0.25) is 0 Å². The van der Waals surface area contributed by atoms with Crippen molar-refractivity contribution in [3.05, 3.63) is 0 Å². The van der Waals surface area contributed by atoms with Gasteiger partial charge in [-0.2, -0.15) is 0 Å². The predicted octanol–water partition coefficient (Wildman–Crippen LogP) is 2.53. The van der Waals surface area contributed by atoms with E-state index in [2.05, 4.69) is 19.2 Å². The summed E-state index contributed by atoms with van der Waals surface area (Å²) < 4.78 is 31.5. The molecule has 0 amide bonds. The highest BCUT2D eigenvalue weighted by atomic mass is 32.2. The summed E-state index contributed by atoms with van der Waals surface area (Å²) in [6.07, 6.45) is 6.70. The van der Waals surface area contributed by atoms with Crippen LogP contribution in [0.5, 0.6) is 0 Å². The minimum atomic E-state index is -3.05. The van der Waals surface area contributed by atoms with Crippen LogP contribution in [0.3, 0.4) is 0 Å². The molecule has 0 aromatic heterocycles. The van der Waals surface area contributed by atoms with Gasteiger partial charge >= 0.3 is 0 Å². The van der Waals surface area contributed by atoms with Crippen LogP contribution in [0.1, 0.15) is 58.8 Å². The van der Waals surface area contributed by atoms with E-state index >= 15 is 0 Å². The van der Waals surface area contributed by atoms with Gasteiger partial charge in [-0.05, 0) is 44.6 Å². The highest BCUT2D eigenvalue weighted by molar-refractivity contribution is 7.92. The molecule has 2 rings (SSSR count). The third-order valence-electron chi connectivity index (χ3n) is 5.12. The Morgan fingerprint density at radius 3 is 2.43 bits per heavy atom. The summed E-state index contributed by atoms with van der Waals surface area (Å²) in [4.78, 5) is 0. The van der Waals surface area contributed by atoms with Gasteiger partial charge in [0.25, 0.3) is 0 Å². The zero-order valence-electron chi connectivity index (χ0n) is 13.5. The van der Waals surface area contributed by atoms with Crippen molar-refractivity contribution in [2.24, 2.45) is 5.92 Å². The van der Waals surface area contributed by atoms with Crippen LogP contribution in [0.25, 0.3) is 0 Å². The van der Waals surface area contributed by atoms with Gasteiger partial charge in [-0.15, -0.1) is 0 Å². The molecule has 21 heavy (non-hydrogen) atoms. The lowest BCUT2D eigenvalue weighted by molar-refractivity contribution is 0.0978. The summed E-state index contributed by atoms with van der Waals surface area (Å²) >= 11 is 0. The van der Waals surface area contributed by atoms with Crippen LogP contribution < -0.4 is 5.32 Å². The van der Waals surface area contributed by atoms with Crippen molar-refractivity contribution < 1.29 is 13.2 Å². The van der Waals surface area contributed by atoms with Gasteiger partial charge in [0, 0.05) is 19.3 Å². The normalized spacial score (nSPS) is 32.2. The lowest BCUT2D eigenvalue weighted by atomic mass is 9.83. The molecular weight excluding hydrogens is 286 g/mol. The van der Waals surface area contributed by atoms with Crippen LogP contribution in [-0.2, 0) is 14.6 Å². The van der Waals surface area contributed by atoms with E-state index in [1.165, 1.54) is 12.8 Å². The highest BCUT2D eigenvalue weighted by Gasteiger charge is 2.42. The molecule has 1 saturated heterocycles. The lowest BCUT2D eigenvalue weighted by Gasteiger charge is -2.38. The fourth-order valence-corrected chi connectivity index (χ4v) is 6.57. The Hall–Kier alpha value is -0.130. The summed E-state index contributed by atoms with van der Waals surface area (Å²) in [5.41, 5.74) is 0. The first-order chi connectivity index (χ1) is 10.1. The van der Waals surface area contributed by atoms with Crippen LogP contribution in [0.2, 0.25) is 0 Å². The number of nitrogens with one attached hydrogen (secondary N) is 1. The molecular formula is C16H31NO3S. The van der Waals surface area contributed by atoms with Crippen molar-refractivity contribution in [2.75, 3.05) is 19.8 Å². The summed E-state index contributed by atoms with van der Waals surface area (Å²) in [5, 5.41) is 3.06. The summed E-state index contributed by atoms with van der Waals surface area (Å²) in [5.74, 6) is 0.588. The first kappa shape index (κ1) is 17.2. The van der Waals surface area contributed by atoms with Crippen LogP contribution in [0, 0.1) is 5.92 Å². The van der Waals surface area contributed by atoms with E-state index in [0.717, 1.165) is 25.8 Å². The van der Waals surface area contributed by atoms with Crippen LogP contribution >= 0.6 is 0 Å². The maximum Gasteiger partial charge on any atom is 0.157 e. The van der Waals surface area contributed by atoms with Crippen LogP contribution in [-0.4, -0.2) is 44.7 Å². The van der Waals surface area contributed by atoms with Gasteiger partial charge in [-0.1, -0.05) is 26.7 Å². The molecule has 1 heterocycles. The molecule has 0 aromatic carbocycles. The second kappa shape index (κ2) is 7.93. The summed E-state index contributed by atoms with van der Waals surface area (Å²) in [6, 6.07) is 0.149. The first-order valence-corrected chi connectivity index (χ1v) is 10.2. The molecule has 1 aliphatic carbocycles. The molecule has 0 aromatic rings. The third kappa shape index (κ3) is 4.20. The molecule has 3 unspecified atom stereocenters. The van der Waals surface area contributed by atoms with Crippen LogP contribution in [0.15, 0.2) is 0 Å². The van der Waals surface area contributed by atoms with Crippen molar-refractivity contribution in [2.45, 2.75) is 75.3 Å². The van der Waals surface area contributed by atoms with E-state index in [9.17, 15) is 8.42 Å². The molecule has 0 spiro atoms. The topological polar surface area (TPSA) is 55.4 Å². The molecule has 0 radical (unpaired) electrons. The number of hydrogen-bond acceptors (Lipinski definition) is 4. The quantitative estimate of drug-likeness (QED) is 0.818. The van der Waals surface area contributed by atoms with Crippen molar-refractivity contribution in [3.63, 3.8) is 0 Å². The average molecular weight is 317 g/mol. The standard InChI is InChI=1S/C16H31NO3S/c1-3-5-13-6-7-15(17-4-2)16(12-13)21(18,19)14-8-10-20-11-9-14/h13-17H,3-12H2,1-2H3. The Morgan fingerprint density at radius 1 is 1.10 bits per heavy atom. The lowest BCUT2D eigenvalue weighted by Crippen LogP contribution is -2.51. The second-order valence-corrected chi connectivity index (χ2v) is 9.02. The van der Waals surface area contributed by atoms with Gasteiger partial charge < -0.3 is 10.1 Å². The third-order valence-corrected chi connectivity index (χ3v) is 7.88. The summed E-state index contributed by atoms with van der Waals surface area (Å²) in [7, 11) is -3.05. The van der Waals surface area contributed by atoms with Crippen molar-refractivity contribution in [1.82, 2.24) is 5.32 Å². The maximum atomic E-state index is 13.1. The molecule has 2 fully saturated rings. The van der Waals surface area contributed by atoms with Gasteiger partial charge in [0.15, 0.2) is 9.84 Å². The van der Waals surface area contributed by atoms with Crippen molar-refractivity contribution >= 4 is 9.84 Å². The SMILES string of the molecule is CCCC1CCC(NCC)C(S(=O)(=O)C2CCOCC2)C1. The largest absolute Gasteiger partial charge is 0.381 e. The number of sulfone groups is 1. The van der Waals surface area contributed by atoms with Gasteiger partial charge in [-0.25, -0.2) is 8.42 Å². The van der Waals surface area contributed by atoms with E-state index in [4.69, 9.17) is 4.74 Å². The Bertz CT molecular complexity index is 404. The zero-order chi connectivity index (χ0) is 15.3. The van der Waals surface area contributed by atoms with Gasteiger partial charge in [0.05, 0.1) is 10.5 Å². The Kier molecular flexibility index (Phi) is 6.51. The van der Waals surface area contributed by atoms with Crippen LogP contribution in [0.4, 0.5) is 0 Å². The van der Waals surface area contributed by atoms with E-state index in [1.807, 2.05) is 0 Å². The fraction of sp³-hybridized carbons (Fsp3) is 1.00. The Labute approximate surface area is 129 Å². The predicted molar refractivity (Wildman–Crippen MR) is 86.3 cm³/mol. The minimum Gasteiger partial charge on any atom is -0.381 e. The number of ether oxygens (including phenoxy) is 1. The zero-order valence-corrected chi connectivity index (χ0v) is 14.3. The summed E-state index contributed by atoms with van der Waals surface area (Å²) in [6.45, 7) is 6.30. The smallest absolute Gasteiger partial charge is 0.157 e. The molecule has 5 heteroatoms. The first-order valence-electron chi connectivity index (χ1n) is 8.63. The Balaban J connectivity index is 2.13. The molecule has 4 nitrogen and oxygen atoms in total. The monoisotopic (exact) mass is 317 g/mol. The van der Waals surface area contributed by atoms with E-state index in [-0.39, 0.29) is 16.5 Å². The fourth-order valence-electron chi connectivity index (χ4n) is 3.99. The molecule has 124 valence electrons. The second-order valence-electron chi connectivity index (χ2n) is 6.57. The van der Waals surface area contributed by atoms with Crippen molar-refractivity contribution in [1.29, 1.82) is 0 Å². The van der Waals surface area contributed by atoms with E-state index in [0.29, 0.717) is 32.0 Å². The maximum absolute atomic E-state index is 13.1. The number of hydrogen-bond donors (Lipinski definition) is 1. The average Bonchev–Trinajstić information content (AvgIpc) is 2.50. The Morgan fingerprint density at radius 2 is 1.81 bits per heavy atom. The molecule has 2 aliphatic rings. The molecule has 1 aliphatic heterocycles. The molecule has 1 saturated carbocycles. The molecule has 1 N–H and O–H groups in total. The van der Waals surface area contributed by atoms with Crippen molar-refractivity contribution in [3.8, 4) is 0 Å². The van der Waals surface area contributed by atoms with Gasteiger partial charge in [0.1, 0.15) is 0 Å². The van der Waals surface area contributed by atoms with Gasteiger partial charge in [-0.3, -0.25) is 0 Å². The highest BCUT2D eigenvalue weighted by Crippen LogP contribution is 2.35.